The molecule has 0 spiro atoms. The number of unbranched alkanes of at least 4 members (excludes halogenated alkanes) is 24. The minimum atomic E-state index is -1.09. The van der Waals surface area contributed by atoms with E-state index in [2.05, 4.69) is 48.8 Å². The van der Waals surface area contributed by atoms with E-state index in [0.29, 0.717) is 13.1 Å². The van der Waals surface area contributed by atoms with Crippen LogP contribution in [0.15, 0.2) is 24.3 Å². The number of rotatable bonds is 48. The predicted molar refractivity (Wildman–Crippen MR) is 258 cm³/mol. The lowest BCUT2D eigenvalue weighted by Crippen LogP contribution is -2.44. The van der Waals surface area contributed by atoms with E-state index in [1.165, 1.54) is 133 Å². The summed E-state index contributed by atoms with van der Waals surface area (Å²) in [6.45, 7) is 5.25. The van der Waals surface area contributed by atoms with Gasteiger partial charge in [-0.1, -0.05) is 154 Å². The Morgan fingerprint density at radius 3 is 1.19 bits per heavy atom. The summed E-state index contributed by atoms with van der Waals surface area (Å²) < 4.78 is 0. The summed E-state index contributed by atoms with van der Waals surface area (Å²) in [5.41, 5.74) is 0. The highest BCUT2D eigenvalue weighted by atomic mass is 16.4. The lowest BCUT2D eigenvalue weighted by atomic mass is 9.96. The molecular weight excluding hydrogens is 797 g/mol. The van der Waals surface area contributed by atoms with Crippen LogP contribution in [-0.2, 0) is 24.0 Å². The van der Waals surface area contributed by atoms with Crippen molar-refractivity contribution in [2.75, 3.05) is 52.4 Å². The Hall–Kier alpha value is -3.25. The van der Waals surface area contributed by atoms with Gasteiger partial charge in [-0.05, 0) is 83.1 Å². The number of carboxylic acids is 3. The van der Waals surface area contributed by atoms with Gasteiger partial charge in [-0.3, -0.25) is 33.8 Å². The number of aliphatic carboxylic acids is 3. The van der Waals surface area contributed by atoms with E-state index in [1.54, 1.807) is 4.90 Å². The Morgan fingerprint density at radius 1 is 0.413 bits per heavy atom. The minimum absolute atomic E-state index is 0.0297. The minimum Gasteiger partial charge on any atom is -0.481 e. The zero-order chi connectivity index (χ0) is 46.4. The Bertz CT molecular complexity index is 1110. The molecule has 0 aromatic carbocycles. The maximum Gasteiger partial charge on any atom is 0.317 e. The zero-order valence-corrected chi connectivity index (χ0v) is 40.2. The summed E-state index contributed by atoms with van der Waals surface area (Å²) in [4.78, 5) is 63.5. The number of nitrogens with one attached hydrogen (secondary N) is 2. The molecule has 0 radical (unpaired) electrons. The zero-order valence-electron chi connectivity index (χ0n) is 40.2. The number of carbonyl (C=O) groups is 5. The number of hydrogen-bond donors (Lipinski definition) is 5. The average Bonchev–Trinajstić information content (AvgIpc) is 3.23. The third-order valence-electron chi connectivity index (χ3n) is 11.6. The molecule has 63 heavy (non-hydrogen) atoms. The highest BCUT2D eigenvalue weighted by Gasteiger charge is 2.21. The number of hydrogen-bond acceptors (Lipinski definition) is 7. The van der Waals surface area contributed by atoms with Crippen molar-refractivity contribution in [1.29, 1.82) is 0 Å². The molecule has 0 aliphatic carbocycles. The van der Waals surface area contributed by atoms with Crippen molar-refractivity contribution < 1.29 is 39.3 Å². The molecule has 0 aliphatic heterocycles. The highest BCUT2D eigenvalue weighted by molar-refractivity contribution is 5.79. The Kier molecular flexibility index (Phi) is 43.0. The van der Waals surface area contributed by atoms with Gasteiger partial charge in [0.2, 0.25) is 11.8 Å². The van der Waals surface area contributed by atoms with Gasteiger partial charge in [0.1, 0.15) is 0 Å². The third kappa shape index (κ3) is 45.1. The van der Waals surface area contributed by atoms with Gasteiger partial charge in [-0.25, -0.2) is 0 Å². The first-order valence-corrected chi connectivity index (χ1v) is 25.5. The van der Waals surface area contributed by atoms with Crippen LogP contribution >= 0.6 is 0 Å². The molecule has 0 bridgehead atoms. The van der Waals surface area contributed by atoms with Crippen molar-refractivity contribution in [2.24, 2.45) is 5.92 Å². The van der Waals surface area contributed by atoms with E-state index in [0.717, 1.165) is 51.4 Å². The topological polar surface area (TPSA) is 177 Å². The molecule has 0 saturated heterocycles. The van der Waals surface area contributed by atoms with E-state index in [4.69, 9.17) is 0 Å². The van der Waals surface area contributed by atoms with Gasteiger partial charge >= 0.3 is 17.9 Å². The molecule has 1 unspecified atom stereocenters. The fourth-order valence-electron chi connectivity index (χ4n) is 7.83. The molecule has 0 rings (SSSR count). The molecule has 0 aromatic rings. The van der Waals surface area contributed by atoms with Crippen LogP contribution < -0.4 is 10.6 Å². The van der Waals surface area contributed by atoms with Crippen LogP contribution in [0.2, 0.25) is 0 Å². The SMILES string of the molecule is CCCCCCCCC=CCCCCCCCCNC(=O)CC(CCN(CCN(CC(=O)O)CC(=O)NCCCCCCCCC=CCCCCCCCC)CC(=O)O)CC(=O)O. The van der Waals surface area contributed by atoms with Crippen molar-refractivity contribution in [3.05, 3.63) is 24.3 Å². The van der Waals surface area contributed by atoms with Crippen LogP contribution in [0, 0.1) is 5.92 Å². The second-order valence-electron chi connectivity index (χ2n) is 17.8. The normalized spacial score (nSPS) is 12.2. The molecule has 12 nitrogen and oxygen atoms in total. The van der Waals surface area contributed by atoms with Crippen LogP contribution in [0.5, 0.6) is 0 Å². The van der Waals surface area contributed by atoms with Crippen LogP contribution in [0.25, 0.3) is 0 Å². The quantitative estimate of drug-likeness (QED) is 0.0292. The Morgan fingerprint density at radius 2 is 0.778 bits per heavy atom. The van der Waals surface area contributed by atoms with Crippen molar-refractivity contribution in [2.45, 2.75) is 213 Å². The summed E-state index contributed by atoms with van der Waals surface area (Å²) in [6, 6.07) is 0. The van der Waals surface area contributed by atoms with Crippen LogP contribution in [0.4, 0.5) is 0 Å². The smallest absolute Gasteiger partial charge is 0.317 e. The lowest BCUT2D eigenvalue weighted by Gasteiger charge is -2.26. The fraction of sp³-hybridized carbons (Fsp3) is 0.824. The van der Waals surface area contributed by atoms with Gasteiger partial charge in [0.05, 0.1) is 19.6 Å². The number of carboxylic acid groups (broad SMARTS) is 3. The van der Waals surface area contributed by atoms with E-state index < -0.39 is 23.8 Å². The molecule has 1 atom stereocenters. The molecule has 0 saturated carbocycles. The summed E-state index contributed by atoms with van der Waals surface area (Å²) in [5.74, 6) is -4.17. The van der Waals surface area contributed by atoms with Crippen molar-refractivity contribution in [3.8, 4) is 0 Å². The maximum atomic E-state index is 12.8. The highest BCUT2D eigenvalue weighted by Crippen LogP contribution is 2.16. The second-order valence-corrected chi connectivity index (χ2v) is 17.8. The maximum absolute atomic E-state index is 12.8. The van der Waals surface area contributed by atoms with Crippen LogP contribution in [0.3, 0.4) is 0 Å². The fourth-order valence-corrected chi connectivity index (χ4v) is 7.83. The largest absolute Gasteiger partial charge is 0.481 e. The number of nitrogens with zero attached hydrogens (tertiary/aromatic N) is 2. The average molecular weight is 891 g/mol. The van der Waals surface area contributed by atoms with Gasteiger partial charge in [0.25, 0.3) is 0 Å². The van der Waals surface area contributed by atoms with Crippen molar-refractivity contribution in [3.63, 3.8) is 0 Å². The van der Waals surface area contributed by atoms with Crippen LogP contribution in [0.1, 0.15) is 213 Å². The first-order chi connectivity index (χ1) is 30.6. The molecular formula is C51H94N4O8. The molecule has 0 aromatic heterocycles. The molecule has 0 heterocycles. The summed E-state index contributed by atoms with van der Waals surface area (Å²) in [5, 5.41) is 34.4. The first kappa shape index (κ1) is 59.8. The van der Waals surface area contributed by atoms with E-state index in [9.17, 15) is 39.3 Å². The van der Waals surface area contributed by atoms with Gasteiger partial charge in [-0.15, -0.1) is 0 Å². The first-order valence-electron chi connectivity index (χ1n) is 25.5. The monoisotopic (exact) mass is 891 g/mol. The van der Waals surface area contributed by atoms with Gasteiger partial charge < -0.3 is 26.0 Å². The van der Waals surface area contributed by atoms with Gasteiger partial charge in [0, 0.05) is 39.0 Å². The number of carbonyl (C=O) groups excluding carboxylic acids is 2. The molecule has 0 aliphatic rings. The second kappa shape index (κ2) is 45.3. The third-order valence-corrected chi connectivity index (χ3v) is 11.6. The molecule has 12 heteroatoms. The number of amides is 2. The van der Waals surface area contributed by atoms with E-state index in [1.807, 2.05) is 0 Å². The summed E-state index contributed by atoms with van der Waals surface area (Å²) >= 11 is 0. The Labute approximate surface area is 383 Å². The van der Waals surface area contributed by atoms with Crippen molar-refractivity contribution in [1.82, 2.24) is 20.4 Å². The standard InChI is InChI=1S/C51H94N4O8/c1-3-5-7-9-11-13-15-17-19-21-23-25-27-29-31-33-36-52-47(56)41-46(42-49(58)59)35-38-54(44-50(60)61)39-40-55(45-51(62)63)43-48(57)53-37-34-32-30-28-26-24-22-20-18-16-14-12-10-8-6-4-2/h17-20,46H,3-16,21-45H2,1-2H3,(H,52,56)(H,53,57)(H,58,59)(H,60,61)(H,62,63). The molecule has 2 amide bonds. The van der Waals surface area contributed by atoms with E-state index >= 15 is 0 Å². The van der Waals surface area contributed by atoms with Crippen molar-refractivity contribution >= 4 is 29.7 Å². The predicted octanol–water partition coefficient (Wildman–Crippen LogP) is 10.9. The Balaban J connectivity index is 4.42. The van der Waals surface area contributed by atoms with E-state index in [-0.39, 0.29) is 70.3 Å². The number of allylic oxidation sites excluding steroid dienone is 4. The van der Waals surface area contributed by atoms with Crippen LogP contribution in [-0.4, -0.2) is 107 Å². The molecule has 366 valence electrons. The summed E-state index contributed by atoms with van der Waals surface area (Å²) in [7, 11) is 0. The lowest BCUT2D eigenvalue weighted by molar-refractivity contribution is -0.140. The summed E-state index contributed by atoms with van der Waals surface area (Å²) in [6.07, 6.45) is 43.1. The van der Waals surface area contributed by atoms with Gasteiger partial charge in [-0.2, -0.15) is 0 Å². The van der Waals surface area contributed by atoms with Gasteiger partial charge in [0.15, 0.2) is 0 Å². The molecule has 0 fully saturated rings. The molecule has 5 N–H and O–H groups in total.